The molecule has 0 aromatic heterocycles. The molecule has 1 aliphatic heterocycles. The molecule has 1 saturated heterocycles. The molecule has 0 aliphatic carbocycles. The second-order valence-electron chi connectivity index (χ2n) is 5.14. The van der Waals surface area contributed by atoms with Crippen molar-refractivity contribution >= 4 is 28.5 Å². The van der Waals surface area contributed by atoms with Crippen molar-refractivity contribution < 1.29 is 9.59 Å². The number of benzene rings is 1. The van der Waals surface area contributed by atoms with Gasteiger partial charge in [0, 0.05) is 30.8 Å². The van der Waals surface area contributed by atoms with E-state index < -0.39 is 0 Å². The Kier molecular flexibility index (Phi) is 3.99. The van der Waals surface area contributed by atoms with Gasteiger partial charge in [-0.2, -0.15) is 0 Å². The Bertz CT molecular complexity index is 516. The Morgan fingerprint density at radius 1 is 1.26 bits per heavy atom. The third-order valence-electron chi connectivity index (χ3n) is 3.65. The zero-order valence-electron chi connectivity index (χ0n) is 11.8. The van der Waals surface area contributed by atoms with Gasteiger partial charge in [-0.15, -0.1) is 0 Å². The first-order valence-electron chi connectivity index (χ1n) is 6.44. The van der Waals surface area contributed by atoms with Crippen molar-refractivity contribution in [1.82, 2.24) is 0 Å². The van der Waals surface area contributed by atoms with Gasteiger partial charge in [0.2, 0.25) is 5.91 Å². The number of nitrogens with zero attached hydrogens (tertiary/aromatic N) is 1. The number of rotatable bonds is 2. The van der Waals surface area contributed by atoms with E-state index in [0.717, 1.165) is 5.69 Å². The number of aryl methyl sites for hydroxylation is 2. The van der Waals surface area contributed by atoms with Crippen LogP contribution in [0.25, 0.3) is 0 Å². The average Bonchev–Trinajstić information content (AvgIpc) is 2.65. The summed E-state index contributed by atoms with van der Waals surface area (Å²) in [7, 11) is 0. The van der Waals surface area contributed by atoms with Crippen LogP contribution < -0.4 is 4.90 Å². The van der Waals surface area contributed by atoms with Crippen molar-refractivity contribution in [2.75, 3.05) is 11.4 Å². The fourth-order valence-corrected chi connectivity index (χ4v) is 3.33. The van der Waals surface area contributed by atoms with Crippen molar-refractivity contribution in [2.24, 2.45) is 0 Å². The Morgan fingerprint density at radius 3 is 2.37 bits per heavy atom. The zero-order valence-corrected chi connectivity index (χ0v) is 12.6. The van der Waals surface area contributed by atoms with Crippen molar-refractivity contribution in [3.8, 4) is 0 Å². The molecule has 1 heterocycles. The summed E-state index contributed by atoms with van der Waals surface area (Å²) in [6, 6.07) is 4.11. The summed E-state index contributed by atoms with van der Waals surface area (Å²) in [5, 5.41) is 0.169. The highest BCUT2D eigenvalue weighted by Crippen LogP contribution is 2.30. The van der Waals surface area contributed by atoms with Crippen LogP contribution in [0.4, 0.5) is 5.69 Å². The molecule has 102 valence electrons. The van der Waals surface area contributed by atoms with Crippen LogP contribution in [0.15, 0.2) is 12.1 Å². The molecule has 1 aliphatic rings. The molecule has 1 fully saturated rings. The molecule has 0 bridgehead atoms. The van der Waals surface area contributed by atoms with Gasteiger partial charge in [-0.25, -0.2) is 0 Å². The standard InChI is InChI=1S/C15H19NO2S/c1-9-5-13(6-10(2)11(9)3)16-8-14(7-15(16)18)19-12(4)17/h5-6,14H,7-8H2,1-4H3. The van der Waals surface area contributed by atoms with Gasteiger partial charge in [0.05, 0.1) is 0 Å². The number of hydrogen-bond acceptors (Lipinski definition) is 3. The number of anilines is 1. The molecule has 0 spiro atoms. The summed E-state index contributed by atoms with van der Waals surface area (Å²) in [5.41, 5.74) is 4.62. The van der Waals surface area contributed by atoms with Crippen molar-refractivity contribution in [2.45, 2.75) is 39.4 Å². The molecule has 4 heteroatoms. The molecule has 1 atom stereocenters. The molecular weight excluding hydrogens is 258 g/mol. The smallest absolute Gasteiger partial charge is 0.228 e. The molecule has 1 unspecified atom stereocenters. The van der Waals surface area contributed by atoms with E-state index in [1.54, 1.807) is 11.8 Å². The highest BCUT2D eigenvalue weighted by atomic mass is 32.2. The lowest BCUT2D eigenvalue weighted by molar-refractivity contribution is -0.117. The van der Waals surface area contributed by atoms with E-state index in [4.69, 9.17) is 0 Å². The summed E-state index contributed by atoms with van der Waals surface area (Å²) in [5.74, 6) is 0.112. The number of amides is 1. The van der Waals surface area contributed by atoms with Gasteiger partial charge >= 0.3 is 0 Å². The normalized spacial score (nSPS) is 19.1. The summed E-state index contributed by atoms with van der Waals surface area (Å²) in [6.45, 7) is 8.40. The molecule has 2 rings (SSSR count). The monoisotopic (exact) mass is 277 g/mol. The van der Waals surface area contributed by atoms with Gasteiger partial charge in [0.1, 0.15) is 0 Å². The van der Waals surface area contributed by atoms with Gasteiger partial charge in [0.15, 0.2) is 5.12 Å². The topological polar surface area (TPSA) is 37.4 Å². The highest BCUT2D eigenvalue weighted by molar-refractivity contribution is 8.14. The predicted octanol–water partition coefficient (Wildman–Crippen LogP) is 3.00. The number of carbonyl (C=O) groups excluding carboxylic acids is 2. The first-order valence-corrected chi connectivity index (χ1v) is 7.32. The lowest BCUT2D eigenvalue weighted by Gasteiger charge is -2.19. The summed E-state index contributed by atoms with van der Waals surface area (Å²) < 4.78 is 0. The SMILES string of the molecule is CC(=O)SC1CC(=O)N(c2cc(C)c(C)c(C)c2)C1. The van der Waals surface area contributed by atoms with Crippen molar-refractivity contribution in [3.63, 3.8) is 0 Å². The van der Waals surface area contributed by atoms with E-state index in [-0.39, 0.29) is 16.3 Å². The van der Waals surface area contributed by atoms with Crippen LogP contribution in [0.3, 0.4) is 0 Å². The second kappa shape index (κ2) is 5.37. The number of carbonyl (C=O) groups is 2. The Morgan fingerprint density at radius 2 is 1.84 bits per heavy atom. The van der Waals surface area contributed by atoms with E-state index >= 15 is 0 Å². The van der Waals surface area contributed by atoms with Crippen molar-refractivity contribution in [1.29, 1.82) is 0 Å². The summed E-state index contributed by atoms with van der Waals surface area (Å²) in [4.78, 5) is 25.0. The second-order valence-corrected chi connectivity index (χ2v) is 6.62. The number of thioether (sulfide) groups is 1. The van der Waals surface area contributed by atoms with Gasteiger partial charge in [-0.3, -0.25) is 9.59 Å². The van der Waals surface area contributed by atoms with E-state index in [2.05, 4.69) is 32.9 Å². The maximum atomic E-state index is 12.1. The molecule has 1 amide bonds. The average molecular weight is 277 g/mol. The van der Waals surface area contributed by atoms with Crippen LogP contribution in [0.1, 0.15) is 30.0 Å². The minimum atomic E-state index is 0.0796. The molecular formula is C15H19NO2S. The van der Waals surface area contributed by atoms with E-state index in [1.165, 1.54) is 28.5 Å². The fraction of sp³-hybridized carbons (Fsp3) is 0.467. The molecule has 0 radical (unpaired) electrons. The van der Waals surface area contributed by atoms with Crippen LogP contribution in [-0.4, -0.2) is 22.8 Å². The lowest BCUT2D eigenvalue weighted by Crippen LogP contribution is -2.25. The summed E-state index contributed by atoms with van der Waals surface area (Å²) >= 11 is 1.27. The predicted molar refractivity (Wildman–Crippen MR) is 79.7 cm³/mol. The summed E-state index contributed by atoms with van der Waals surface area (Å²) in [6.07, 6.45) is 0.455. The van der Waals surface area contributed by atoms with Gasteiger partial charge < -0.3 is 4.90 Å². The van der Waals surface area contributed by atoms with Crippen LogP contribution in [-0.2, 0) is 9.59 Å². The third kappa shape index (κ3) is 3.00. The Balaban J connectivity index is 2.23. The minimum Gasteiger partial charge on any atom is -0.311 e. The first-order chi connectivity index (χ1) is 8.88. The van der Waals surface area contributed by atoms with Crippen LogP contribution in [0.5, 0.6) is 0 Å². The quantitative estimate of drug-likeness (QED) is 0.834. The fourth-order valence-electron chi connectivity index (χ4n) is 2.41. The maximum absolute atomic E-state index is 12.1. The number of hydrogen-bond donors (Lipinski definition) is 0. The minimum absolute atomic E-state index is 0.0796. The van der Waals surface area contributed by atoms with E-state index in [0.29, 0.717) is 13.0 Å². The molecule has 19 heavy (non-hydrogen) atoms. The van der Waals surface area contributed by atoms with Gasteiger partial charge in [-0.05, 0) is 49.6 Å². The van der Waals surface area contributed by atoms with Crippen LogP contribution in [0.2, 0.25) is 0 Å². The zero-order chi connectivity index (χ0) is 14.2. The van der Waals surface area contributed by atoms with Crippen LogP contribution >= 0.6 is 11.8 Å². The molecule has 0 N–H and O–H groups in total. The maximum Gasteiger partial charge on any atom is 0.228 e. The first kappa shape index (κ1) is 14.1. The molecule has 1 aromatic rings. The highest BCUT2D eigenvalue weighted by Gasteiger charge is 2.32. The lowest BCUT2D eigenvalue weighted by atomic mass is 10.0. The molecule has 0 saturated carbocycles. The molecule has 1 aromatic carbocycles. The third-order valence-corrected chi connectivity index (χ3v) is 4.63. The molecule has 3 nitrogen and oxygen atoms in total. The van der Waals surface area contributed by atoms with Gasteiger partial charge in [0.25, 0.3) is 0 Å². The Labute approximate surface area is 118 Å². The van der Waals surface area contributed by atoms with Crippen molar-refractivity contribution in [3.05, 3.63) is 28.8 Å². The van der Waals surface area contributed by atoms with Crippen LogP contribution in [0, 0.1) is 20.8 Å². The van der Waals surface area contributed by atoms with E-state index in [1.807, 2.05) is 0 Å². The Hall–Kier alpha value is -1.29. The van der Waals surface area contributed by atoms with E-state index in [9.17, 15) is 9.59 Å². The largest absolute Gasteiger partial charge is 0.311 e. The van der Waals surface area contributed by atoms with Gasteiger partial charge in [-0.1, -0.05) is 11.8 Å².